The smallest absolute Gasteiger partial charge is 0.237 e. The van der Waals surface area contributed by atoms with Crippen molar-refractivity contribution in [2.45, 2.75) is 32.3 Å². The van der Waals surface area contributed by atoms with E-state index < -0.39 is 0 Å². The molecule has 94 valence electrons. The molecule has 0 spiro atoms. The Morgan fingerprint density at radius 1 is 1.62 bits per heavy atom. The SMILES string of the molecule is CC(CN(C)CC1CCCCO1)C(=O)NN. The van der Waals surface area contributed by atoms with Gasteiger partial charge in [0.2, 0.25) is 5.91 Å². The number of likely N-dealkylation sites (N-methyl/N-ethyl adjacent to an activating group) is 1. The predicted octanol–water partition coefficient (Wildman–Crippen LogP) is 0.113. The minimum Gasteiger partial charge on any atom is -0.377 e. The number of carbonyl (C=O) groups is 1. The molecule has 1 rings (SSSR count). The molecule has 0 aliphatic carbocycles. The minimum atomic E-state index is -0.114. The second kappa shape index (κ2) is 6.83. The van der Waals surface area contributed by atoms with Crippen LogP contribution in [0.25, 0.3) is 0 Å². The maximum absolute atomic E-state index is 11.2. The van der Waals surface area contributed by atoms with Crippen LogP contribution in [0.5, 0.6) is 0 Å². The highest BCUT2D eigenvalue weighted by Crippen LogP contribution is 2.13. The molecule has 1 heterocycles. The third-order valence-corrected chi connectivity index (χ3v) is 2.96. The average Bonchev–Trinajstić information content (AvgIpc) is 2.29. The Labute approximate surface area is 97.3 Å². The molecular weight excluding hydrogens is 206 g/mol. The summed E-state index contributed by atoms with van der Waals surface area (Å²) in [4.78, 5) is 13.4. The van der Waals surface area contributed by atoms with Gasteiger partial charge in [0.15, 0.2) is 0 Å². The molecule has 5 heteroatoms. The van der Waals surface area contributed by atoms with Gasteiger partial charge in [-0.1, -0.05) is 6.92 Å². The third-order valence-electron chi connectivity index (χ3n) is 2.96. The Hall–Kier alpha value is -0.650. The van der Waals surface area contributed by atoms with Gasteiger partial charge < -0.3 is 9.64 Å². The molecule has 0 aromatic heterocycles. The van der Waals surface area contributed by atoms with E-state index in [0.29, 0.717) is 12.6 Å². The zero-order chi connectivity index (χ0) is 12.0. The van der Waals surface area contributed by atoms with E-state index in [1.807, 2.05) is 14.0 Å². The summed E-state index contributed by atoms with van der Waals surface area (Å²) in [6.07, 6.45) is 3.87. The number of hydrogen-bond acceptors (Lipinski definition) is 4. The quantitative estimate of drug-likeness (QED) is 0.399. The normalized spacial score (nSPS) is 23.1. The number of ether oxygens (including phenoxy) is 1. The van der Waals surface area contributed by atoms with Crippen molar-refractivity contribution in [3.63, 3.8) is 0 Å². The summed E-state index contributed by atoms with van der Waals surface area (Å²) < 4.78 is 5.65. The molecular formula is C11H23N3O2. The molecule has 2 atom stereocenters. The summed E-state index contributed by atoms with van der Waals surface area (Å²) in [5.41, 5.74) is 2.18. The highest BCUT2D eigenvalue weighted by Gasteiger charge is 2.19. The van der Waals surface area contributed by atoms with E-state index in [9.17, 15) is 4.79 Å². The molecule has 5 nitrogen and oxygen atoms in total. The molecule has 0 aromatic rings. The standard InChI is InChI=1S/C11H23N3O2/c1-9(11(15)13-12)7-14(2)8-10-5-3-4-6-16-10/h9-10H,3-8,12H2,1-2H3,(H,13,15). The fraction of sp³-hybridized carbons (Fsp3) is 0.909. The monoisotopic (exact) mass is 229 g/mol. The van der Waals surface area contributed by atoms with E-state index in [1.165, 1.54) is 12.8 Å². The summed E-state index contributed by atoms with van der Waals surface area (Å²) in [6, 6.07) is 0. The summed E-state index contributed by atoms with van der Waals surface area (Å²) >= 11 is 0. The zero-order valence-corrected chi connectivity index (χ0v) is 10.2. The van der Waals surface area contributed by atoms with Crippen molar-refractivity contribution in [1.29, 1.82) is 0 Å². The molecule has 16 heavy (non-hydrogen) atoms. The van der Waals surface area contributed by atoms with Crippen molar-refractivity contribution in [3.05, 3.63) is 0 Å². The van der Waals surface area contributed by atoms with Crippen molar-refractivity contribution in [1.82, 2.24) is 10.3 Å². The lowest BCUT2D eigenvalue weighted by Crippen LogP contribution is -2.42. The lowest BCUT2D eigenvalue weighted by atomic mass is 10.1. The minimum absolute atomic E-state index is 0.0846. The Balaban J connectivity index is 2.23. The highest BCUT2D eigenvalue weighted by molar-refractivity contribution is 5.77. The van der Waals surface area contributed by atoms with Gasteiger partial charge in [-0.25, -0.2) is 5.84 Å². The van der Waals surface area contributed by atoms with Gasteiger partial charge in [-0.15, -0.1) is 0 Å². The number of amides is 1. The van der Waals surface area contributed by atoms with Crippen LogP contribution in [0.2, 0.25) is 0 Å². The first-order valence-corrected chi connectivity index (χ1v) is 5.94. The highest BCUT2D eigenvalue weighted by atomic mass is 16.5. The summed E-state index contributed by atoms with van der Waals surface area (Å²) in [6.45, 7) is 4.35. The molecule has 1 saturated heterocycles. The van der Waals surface area contributed by atoms with Crippen LogP contribution >= 0.6 is 0 Å². The number of carbonyl (C=O) groups excluding carboxylic acids is 1. The van der Waals surface area contributed by atoms with Crippen LogP contribution < -0.4 is 11.3 Å². The largest absolute Gasteiger partial charge is 0.377 e. The topological polar surface area (TPSA) is 67.6 Å². The summed E-state index contributed by atoms with van der Waals surface area (Å²) in [7, 11) is 2.01. The number of nitrogens with two attached hydrogens (primary N) is 1. The fourth-order valence-corrected chi connectivity index (χ4v) is 2.07. The lowest BCUT2D eigenvalue weighted by Gasteiger charge is -2.28. The Bertz CT molecular complexity index is 217. The van der Waals surface area contributed by atoms with Crippen molar-refractivity contribution in [2.24, 2.45) is 11.8 Å². The maximum atomic E-state index is 11.2. The third kappa shape index (κ3) is 4.47. The van der Waals surface area contributed by atoms with Crippen LogP contribution in [0.3, 0.4) is 0 Å². The van der Waals surface area contributed by atoms with Crippen molar-refractivity contribution in [3.8, 4) is 0 Å². The van der Waals surface area contributed by atoms with E-state index >= 15 is 0 Å². The lowest BCUT2D eigenvalue weighted by molar-refractivity contribution is -0.125. The van der Waals surface area contributed by atoms with E-state index in [1.54, 1.807) is 0 Å². The van der Waals surface area contributed by atoms with Crippen molar-refractivity contribution >= 4 is 5.91 Å². The van der Waals surface area contributed by atoms with Crippen LogP contribution in [0.15, 0.2) is 0 Å². The van der Waals surface area contributed by atoms with Crippen LogP contribution in [0.4, 0.5) is 0 Å². The fourth-order valence-electron chi connectivity index (χ4n) is 2.07. The molecule has 1 aliphatic heterocycles. The molecule has 2 unspecified atom stereocenters. The predicted molar refractivity (Wildman–Crippen MR) is 62.6 cm³/mol. The molecule has 1 amide bonds. The molecule has 1 aliphatic rings. The first kappa shape index (κ1) is 13.4. The van der Waals surface area contributed by atoms with E-state index in [2.05, 4.69) is 10.3 Å². The summed E-state index contributed by atoms with van der Waals surface area (Å²) in [5, 5.41) is 0. The zero-order valence-electron chi connectivity index (χ0n) is 10.2. The van der Waals surface area contributed by atoms with E-state index in [0.717, 1.165) is 19.6 Å². The van der Waals surface area contributed by atoms with Crippen molar-refractivity contribution in [2.75, 3.05) is 26.7 Å². The summed E-state index contributed by atoms with van der Waals surface area (Å²) in [5.74, 6) is 4.89. The van der Waals surface area contributed by atoms with Gasteiger partial charge in [-0.2, -0.15) is 0 Å². The molecule has 0 saturated carbocycles. The van der Waals surface area contributed by atoms with Gasteiger partial charge in [-0.3, -0.25) is 10.2 Å². The maximum Gasteiger partial charge on any atom is 0.237 e. The van der Waals surface area contributed by atoms with Crippen LogP contribution in [0, 0.1) is 5.92 Å². The van der Waals surface area contributed by atoms with Crippen molar-refractivity contribution < 1.29 is 9.53 Å². The van der Waals surface area contributed by atoms with Crippen LogP contribution in [-0.4, -0.2) is 43.7 Å². The number of nitrogens with zero attached hydrogens (tertiary/aromatic N) is 1. The Kier molecular flexibility index (Phi) is 5.73. The molecule has 0 bridgehead atoms. The Morgan fingerprint density at radius 2 is 2.38 bits per heavy atom. The second-order valence-corrected chi connectivity index (χ2v) is 4.62. The van der Waals surface area contributed by atoms with Gasteiger partial charge in [0.1, 0.15) is 0 Å². The van der Waals surface area contributed by atoms with Crippen LogP contribution in [-0.2, 0) is 9.53 Å². The van der Waals surface area contributed by atoms with Crippen LogP contribution in [0.1, 0.15) is 26.2 Å². The Morgan fingerprint density at radius 3 is 2.94 bits per heavy atom. The number of hydrazine groups is 1. The first-order chi connectivity index (χ1) is 7.63. The number of nitrogens with one attached hydrogen (secondary N) is 1. The van der Waals surface area contributed by atoms with Gasteiger partial charge in [0, 0.05) is 25.6 Å². The van der Waals surface area contributed by atoms with E-state index in [-0.39, 0.29) is 11.8 Å². The first-order valence-electron chi connectivity index (χ1n) is 5.94. The second-order valence-electron chi connectivity index (χ2n) is 4.62. The molecule has 3 N–H and O–H groups in total. The molecule has 1 fully saturated rings. The molecule has 0 radical (unpaired) electrons. The average molecular weight is 229 g/mol. The van der Waals surface area contributed by atoms with E-state index in [4.69, 9.17) is 10.6 Å². The van der Waals surface area contributed by atoms with Gasteiger partial charge in [-0.05, 0) is 26.3 Å². The van der Waals surface area contributed by atoms with Gasteiger partial charge >= 0.3 is 0 Å². The number of hydrogen-bond donors (Lipinski definition) is 2. The molecule has 0 aromatic carbocycles. The van der Waals surface area contributed by atoms with Gasteiger partial charge in [0.25, 0.3) is 0 Å². The number of rotatable bonds is 5. The van der Waals surface area contributed by atoms with Gasteiger partial charge in [0.05, 0.1) is 6.10 Å².